The van der Waals surface area contributed by atoms with Crippen molar-refractivity contribution in [1.82, 2.24) is 4.98 Å². The molecule has 0 fully saturated rings. The van der Waals surface area contributed by atoms with Crippen molar-refractivity contribution >= 4 is 35.7 Å². The van der Waals surface area contributed by atoms with Gasteiger partial charge in [-0.1, -0.05) is 0 Å². The van der Waals surface area contributed by atoms with Gasteiger partial charge in [0.25, 0.3) is 15.5 Å². The molecule has 0 radical (unpaired) electrons. The molecule has 0 aromatic carbocycles. The van der Waals surface area contributed by atoms with Gasteiger partial charge >= 0.3 is 0 Å². The van der Waals surface area contributed by atoms with E-state index in [4.69, 9.17) is 10.7 Å². The molecule has 1 heterocycles. The van der Waals surface area contributed by atoms with E-state index >= 15 is 0 Å². The van der Waals surface area contributed by atoms with Crippen LogP contribution in [-0.4, -0.2) is 13.4 Å². The van der Waals surface area contributed by atoms with Crippen molar-refractivity contribution in [1.29, 1.82) is 0 Å². The van der Waals surface area contributed by atoms with Gasteiger partial charge in [-0.3, -0.25) is 4.79 Å². The highest BCUT2D eigenvalue weighted by Crippen LogP contribution is 2.32. The van der Waals surface area contributed by atoms with Gasteiger partial charge in [0.15, 0.2) is 0 Å². The number of rotatable bonds is 2. The monoisotopic (exact) mass is 321 g/mol. The highest BCUT2D eigenvalue weighted by molar-refractivity contribution is 9.10. The second-order valence-electron chi connectivity index (χ2n) is 2.46. The van der Waals surface area contributed by atoms with Crippen molar-refractivity contribution in [3.05, 3.63) is 26.6 Å². The average Bonchev–Trinajstić information content (AvgIpc) is 1.99. The Labute approximate surface area is 95.8 Å². The zero-order valence-electron chi connectivity index (χ0n) is 6.80. The lowest BCUT2D eigenvalue weighted by Crippen LogP contribution is -2.12. The maximum Gasteiger partial charge on any atom is 0.267 e. The first-order valence-electron chi connectivity index (χ1n) is 3.39. The lowest BCUT2D eigenvalue weighted by atomic mass is 10.3. The van der Waals surface area contributed by atoms with Gasteiger partial charge in [0.1, 0.15) is 0 Å². The van der Waals surface area contributed by atoms with Gasteiger partial charge in [-0.2, -0.15) is 0 Å². The third-order valence-electron chi connectivity index (χ3n) is 1.48. The van der Waals surface area contributed by atoms with Crippen LogP contribution in [0.15, 0.2) is 20.4 Å². The van der Waals surface area contributed by atoms with Crippen LogP contribution in [0.4, 0.5) is 8.78 Å². The quantitative estimate of drug-likeness (QED) is 0.669. The molecule has 15 heavy (non-hydrogen) atoms. The number of hydrogen-bond donors (Lipinski definition) is 1. The van der Waals surface area contributed by atoms with E-state index in [-0.39, 0.29) is 0 Å². The molecule has 0 saturated heterocycles. The Morgan fingerprint density at radius 2 is 2.00 bits per heavy atom. The van der Waals surface area contributed by atoms with Crippen molar-refractivity contribution in [2.45, 2.75) is 11.3 Å². The van der Waals surface area contributed by atoms with Gasteiger partial charge in [-0.05, 0) is 15.9 Å². The smallest absolute Gasteiger partial charge is 0.267 e. The molecule has 1 aromatic heterocycles. The van der Waals surface area contributed by atoms with Crippen LogP contribution < -0.4 is 5.56 Å². The highest BCUT2D eigenvalue weighted by Gasteiger charge is 2.25. The zero-order chi connectivity index (χ0) is 11.8. The minimum absolute atomic E-state index is 0.399. The Bertz CT molecular complexity index is 542. The number of aromatic amines is 1. The lowest BCUT2D eigenvalue weighted by molar-refractivity contribution is 0.146. The van der Waals surface area contributed by atoms with Gasteiger partial charge in [0, 0.05) is 16.7 Å². The summed E-state index contributed by atoms with van der Waals surface area (Å²) in [7, 11) is 0.536. The second kappa shape index (κ2) is 4.18. The largest absolute Gasteiger partial charge is 0.316 e. The number of H-pyrrole nitrogens is 1. The molecule has 0 bridgehead atoms. The van der Waals surface area contributed by atoms with Gasteiger partial charge < -0.3 is 4.98 Å². The van der Waals surface area contributed by atoms with Crippen LogP contribution in [0, 0.1) is 0 Å². The molecule has 0 spiro atoms. The third-order valence-corrected chi connectivity index (χ3v) is 3.47. The molecule has 0 unspecified atom stereocenters. The van der Waals surface area contributed by atoms with Gasteiger partial charge in [0.2, 0.25) is 5.56 Å². The first-order valence-corrected chi connectivity index (χ1v) is 6.49. The molecular formula is C6H3BrClF2NO3S. The van der Waals surface area contributed by atoms with Gasteiger partial charge in [-0.25, -0.2) is 17.2 Å². The molecule has 0 atom stereocenters. The number of halogens is 4. The Balaban J connectivity index is 3.70. The van der Waals surface area contributed by atoms with E-state index in [2.05, 4.69) is 15.9 Å². The Morgan fingerprint density at radius 3 is 2.40 bits per heavy atom. The van der Waals surface area contributed by atoms with E-state index in [1.165, 1.54) is 0 Å². The van der Waals surface area contributed by atoms with Crippen molar-refractivity contribution in [2.75, 3.05) is 0 Å². The lowest BCUT2D eigenvalue weighted by Gasteiger charge is -2.06. The van der Waals surface area contributed by atoms with E-state index in [1.807, 2.05) is 4.98 Å². The topological polar surface area (TPSA) is 67.0 Å². The summed E-state index contributed by atoms with van der Waals surface area (Å²) in [5, 5.41) is 0. The predicted molar refractivity (Wildman–Crippen MR) is 52.8 cm³/mol. The summed E-state index contributed by atoms with van der Waals surface area (Å²) < 4.78 is 46.4. The number of hydrogen-bond acceptors (Lipinski definition) is 3. The van der Waals surface area contributed by atoms with Crippen LogP contribution in [-0.2, 0) is 9.05 Å². The SMILES string of the molecule is O=c1cc(S(=O)(=O)Cl)c(C(F)F)c(Br)[nH]1. The first-order chi connectivity index (χ1) is 6.73. The van der Waals surface area contributed by atoms with Crippen LogP contribution >= 0.6 is 26.6 Å². The van der Waals surface area contributed by atoms with E-state index in [1.54, 1.807) is 0 Å². The van der Waals surface area contributed by atoms with Crippen LogP contribution in [0.2, 0.25) is 0 Å². The standard InChI is InChI=1S/C6H3BrClF2NO3S/c7-5-4(6(9)10)2(15(8,13)14)1-3(12)11-5/h1,6H,(H,11,12). The van der Waals surface area contributed by atoms with E-state index in [0.717, 1.165) is 0 Å². The first kappa shape index (κ1) is 12.6. The predicted octanol–water partition coefficient (Wildman–Crippen LogP) is 2.00. The summed E-state index contributed by atoms with van der Waals surface area (Å²) in [5.41, 5.74) is -1.70. The molecular weight excluding hydrogens is 319 g/mol. The van der Waals surface area contributed by atoms with Crippen molar-refractivity contribution < 1.29 is 17.2 Å². The van der Waals surface area contributed by atoms with Crippen molar-refractivity contribution in [3.63, 3.8) is 0 Å². The Hall–Kier alpha value is -0.470. The third kappa shape index (κ3) is 2.76. The average molecular weight is 323 g/mol. The van der Waals surface area contributed by atoms with Gasteiger partial charge in [0.05, 0.1) is 15.1 Å². The fraction of sp³-hybridized carbons (Fsp3) is 0.167. The summed E-state index contributed by atoms with van der Waals surface area (Å²) in [6, 6.07) is 0.509. The summed E-state index contributed by atoms with van der Waals surface area (Å²) >= 11 is 2.63. The molecule has 0 aliphatic carbocycles. The zero-order valence-corrected chi connectivity index (χ0v) is 9.96. The number of aromatic nitrogens is 1. The molecule has 0 amide bonds. The molecule has 0 saturated carbocycles. The van der Waals surface area contributed by atoms with Crippen molar-refractivity contribution in [3.8, 4) is 0 Å². The molecule has 1 aromatic rings. The maximum atomic E-state index is 12.5. The highest BCUT2D eigenvalue weighted by atomic mass is 79.9. The van der Waals surface area contributed by atoms with E-state index in [9.17, 15) is 22.0 Å². The molecule has 0 aliphatic heterocycles. The summed E-state index contributed by atoms with van der Waals surface area (Å²) in [5.74, 6) is 0. The van der Waals surface area contributed by atoms with Gasteiger partial charge in [-0.15, -0.1) is 0 Å². The van der Waals surface area contributed by atoms with Crippen molar-refractivity contribution in [2.24, 2.45) is 0 Å². The molecule has 1 N–H and O–H groups in total. The minimum Gasteiger partial charge on any atom is -0.316 e. The minimum atomic E-state index is -4.38. The van der Waals surface area contributed by atoms with Crippen LogP contribution in [0.5, 0.6) is 0 Å². The number of nitrogens with one attached hydrogen (secondary N) is 1. The molecule has 0 aliphatic rings. The fourth-order valence-electron chi connectivity index (χ4n) is 0.922. The normalized spacial score (nSPS) is 12.1. The van der Waals surface area contributed by atoms with Crippen LogP contribution in [0.3, 0.4) is 0 Å². The number of pyridine rings is 1. The summed E-state index contributed by atoms with van der Waals surface area (Å²) in [6.45, 7) is 0. The number of alkyl halides is 2. The molecule has 84 valence electrons. The Kier molecular flexibility index (Phi) is 3.51. The van der Waals surface area contributed by atoms with Crippen LogP contribution in [0.25, 0.3) is 0 Å². The summed E-state index contributed by atoms with van der Waals surface area (Å²) in [4.78, 5) is 12.0. The summed E-state index contributed by atoms with van der Waals surface area (Å²) in [6.07, 6.45) is -3.07. The van der Waals surface area contributed by atoms with Crippen LogP contribution in [0.1, 0.15) is 12.0 Å². The molecule has 1 rings (SSSR count). The molecule has 9 heteroatoms. The maximum absolute atomic E-state index is 12.5. The fourth-order valence-corrected chi connectivity index (χ4v) is 2.72. The van der Waals surface area contributed by atoms with E-state index < -0.39 is 36.1 Å². The van der Waals surface area contributed by atoms with E-state index in [0.29, 0.717) is 6.07 Å². The molecule has 4 nitrogen and oxygen atoms in total. The Morgan fingerprint density at radius 1 is 1.47 bits per heavy atom. The second-order valence-corrected chi connectivity index (χ2v) is 5.79.